The van der Waals surface area contributed by atoms with Gasteiger partial charge in [-0.1, -0.05) is 6.07 Å². The zero-order valence-corrected chi connectivity index (χ0v) is 11.9. The quantitative estimate of drug-likeness (QED) is 0.540. The van der Waals surface area contributed by atoms with E-state index in [-0.39, 0.29) is 22.3 Å². The lowest BCUT2D eigenvalue weighted by atomic mass is 10.2. The molecule has 0 N–H and O–H groups in total. The summed E-state index contributed by atoms with van der Waals surface area (Å²) in [6, 6.07) is 9.64. The minimum Gasteiger partial charge on any atom is -0.497 e. The zero-order valence-electron chi connectivity index (χ0n) is 11.9. The summed E-state index contributed by atoms with van der Waals surface area (Å²) in [5.41, 5.74) is -0.708. The molecule has 0 unspecified atom stereocenters. The van der Waals surface area contributed by atoms with Crippen LogP contribution in [0.1, 0.15) is 0 Å². The molecule has 3 aromatic rings. The Morgan fingerprint density at radius 2 is 1.96 bits per heavy atom. The van der Waals surface area contributed by atoms with Crippen LogP contribution >= 0.6 is 0 Å². The highest BCUT2D eigenvalue weighted by Crippen LogP contribution is 2.18. The van der Waals surface area contributed by atoms with Crippen molar-refractivity contribution in [3.05, 3.63) is 73.5 Å². The maximum atomic E-state index is 12.6. The number of aromatic nitrogens is 1. The molecule has 0 fully saturated rings. The fourth-order valence-corrected chi connectivity index (χ4v) is 2.20. The Morgan fingerprint density at radius 3 is 2.65 bits per heavy atom. The van der Waals surface area contributed by atoms with Gasteiger partial charge >= 0.3 is 5.76 Å². The Balaban J connectivity index is 2.33. The Morgan fingerprint density at radius 1 is 1.17 bits per heavy atom. The van der Waals surface area contributed by atoms with Gasteiger partial charge in [-0.15, -0.1) is 0 Å². The normalized spacial score (nSPS) is 10.7. The molecule has 0 saturated heterocycles. The lowest BCUT2D eigenvalue weighted by Crippen LogP contribution is -2.30. The average molecular weight is 314 g/mol. The van der Waals surface area contributed by atoms with Gasteiger partial charge in [0.25, 0.3) is 11.2 Å². The SMILES string of the molecule is COc1ccc2oc(=O)n(-c3cccc([N+](=O)[O-])c3)c(=O)c2c1. The molecule has 2 aromatic carbocycles. The van der Waals surface area contributed by atoms with Gasteiger partial charge in [-0.05, 0) is 24.3 Å². The van der Waals surface area contributed by atoms with Crippen LogP contribution in [0.3, 0.4) is 0 Å². The molecule has 0 aliphatic heterocycles. The van der Waals surface area contributed by atoms with Gasteiger partial charge < -0.3 is 9.15 Å². The topological polar surface area (TPSA) is 105 Å². The average Bonchev–Trinajstić information content (AvgIpc) is 2.55. The van der Waals surface area contributed by atoms with Gasteiger partial charge in [0.05, 0.1) is 23.1 Å². The van der Waals surface area contributed by atoms with Crippen molar-refractivity contribution in [2.24, 2.45) is 0 Å². The first kappa shape index (κ1) is 14.5. The number of nitrogens with zero attached hydrogens (tertiary/aromatic N) is 2. The predicted octanol–water partition coefficient (Wildman–Crippen LogP) is 1.86. The molecule has 0 spiro atoms. The number of nitro benzene ring substituents is 1. The minimum absolute atomic E-state index is 0.0580. The number of non-ortho nitro benzene ring substituents is 1. The summed E-state index contributed by atoms with van der Waals surface area (Å²) in [5, 5.41) is 11.0. The molecule has 23 heavy (non-hydrogen) atoms. The Labute approximate surface area is 128 Å². The molecule has 8 heteroatoms. The minimum atomic E-state index is -0.923. The Bertz CT molecular complexity index is 1030. The molecule has 0 aliphatic carbocycles. The molecule has 116 valence electrons. The fourth-order valence-electron chi connectivity index (χ4n) is 2.20. The molecule has 0 aliphatic rings. The molecule has 0 atom stereocenters. The standard InChI is InChI=1S/C15H10N2O6/c1-22-11-5-6-13-12(8-11)14(18)16(15(19)23-13)9-3-2-4-10(7-9)17(20)21/h2-8H,1H3. The third-order valence-electron chi connectivity index (χ3n) is 3.30. The number of rotatable bonds is 3. The van der Waals surface area contributed by atoms with E-state index in [1.54, 1.807) is 6.07 Å². The van der Waals surface area contributed by atoms with E-state index >= 15 is 0 Å². The van der Waals surface area contributed by atoms with Crippen molar-refractivity contribution >= 4 is 16.7 Å². The van der Waals surface area contributed by atoms with E-state index in [9.17, 15) is 19.7 Å². The molecule has 1 heterocycles. The lowest BCUT2D eigenvalue weighted by Gasteiger charge is -2.06. The van der Waals surface area contributed by atoms with Crippen LogP contribution in [0.25, 0.3) is 16.7 Å². The molecule has 1 aromatic heterocycles. The maximum Gasteiger partial charge on any atom is 0.426 e. The number of methoxy groups -OCH3 is 1. The van der Waals surface area contributed by atoms with Crippen molar-refractivity contribution in [2.45, 2.75) is 0 Å². The van der Waals surface area contributed by atoms with Crippen LogP contribution in [0.5, 0.6) is 5.75 Å². The Hall–Kier alpha value is -3.42. The highest BCUT2D eigenvalue weighted by Gasteiger charge is 2.14. The van der Waals surface area contributed by atoms with Gasteiger partial charge in [0, 0.05) is 12.1 Å². The second-order valence-electron chi connectivity index (χ2n) is 4.65. The predicted molar refractivity (Wildman–Crippen MR) is 81.3 cm³/mol. The van der Waals surface area contributed by atoms with E-state index in [0.29, 0.717) is 5.75 Å². The van der Waals surface area contributed by atoms with E-state index < -0.39 is 16.2 Å². The monoisotopic (exact) mass is 314 g/mol. The molecule has 0 amide bonds. The van der Waals surface area contributed by atoms with E-state index in [2.05, 4.69) is 0 Å². The van der Waals surface area contributed by atoms with Gasteiger partial charge in [0.15, 0.2) is 0 Å². The van der Waals surface area contributed by atoms with Gasteiger partial charge in [-0.2, -0.15) is 0 Å². The number of benzene rings is 2. The first-order chi connectivity index (χ1) is 11.0. The van der Waals surface area contributed by atoms with Crippen LogP contribution < -0.4 is 16.1 Å². The molecular weight excluding hydrogens is 304 g/mol. The molecule has 0 bridgehead atoms. The van der Waals surface area contributed by atoms with Crippen LogP contribution in [0.15, 0.2) is 56.5 Å². The van der Waals surface area contributed by atoms with Crippen LogP contribution in [-0.2, 0) is 0 Å². The maximum absolute atomic E-state index is 12.6. The van der Waals surface area contributed by atoms with Crippen molar-refractivity contribution in [3.63, 3.8) is 0 Å². The molecule has 0 saturated carbocycles. The first-order valence-corrected chi connectivity index (χ1v) is 6.50. The first-order valence-electron chi connectivity index (χ1n) is 6.50. The summed E-state index contributed by atoms with van der Waals surface area (Å²) in [6.07, 6.45) is 0. The largest absolute Gasteiger partial charge is 0.497 e. The number of hydrogen-bond acceptors (Lipinski definition) is 6. The molecule has 8 nitrogen and oxygen atoms in total. The van der Waals surface area contributed by atoms with Gasteiger partial charge in [-0.25, -0.2) is 9.36 Å². The van der Waals surface area contributed by atoms with Crippen LogP contribution in [0.2, 0.25) is 0 Å². The van der Waals surface area contributed by atoms with Crippen molar-refractivity contribution < 1.29 is 14.1 Å². The smallest absolute Gasteiger partial charge is 0.426 e. The summed E-state index contributed by atoms with van der Waals surface area (Å²) in [6.45, 7) is 0. The summed E-state index contributed by atoms with van der Waals surface area (Å²) < 4.78 is 10.9. The van der Waals surface area contributed by atoms with Crippen molar-refractivity contribution in [3.8, 4) is 11.4 Å². The second kappa shape index (κ2) is 5.41. The highest BCUT2D eigenvalue weighted by atomic mass is 16.6. The molecule has 0 radical (unpaired) electrons. The zero-order chi connectivity index (χ0) is 16.6. The molecular formula is C15H10N2O6. The van der Waals surface area contributed by atoms with E-state index in [1.165, 1.54) is 37.4 Å². The van der Waals surface area contributed by atoms with Gasteiger partial charge in [0.1, 0.15) is 11.3 Å². The molecule has 3 rings (SSSR count). The number of hydrogen-bond donors (Lipinski definition) is 0. The van der Waals surface area contributed by atoms with E-state index in [4.69, 9.17) is 9.15 Å². The Kier molecular flexibility index (Phi) is 3.41. The van der Waals surface area contributed by atoms with Crippen LogP contribution in [0, 0.1) is 10.1 Å². The number of fused-ring (bicyclic) bond motifs is 1. The highest BCUT2D eigenvalue weighted by molar-refractivity contribution is 5.77. The summed E-state index contributed by atoms with van der Waals surface area (Å²) in [7, 11) is 1.44. The van der Waals surface area contributed by atoms with Crippen LogP contribution in [0.4, 0.5) is 5.69 Å². The summed E-state index contributed by atoms with van der Waals surface area (Å²) >= 11 is 0. The number of nitro groups is 1. The second-order valence-corrected chi connectivity index (χ2v) is 4.65. The third-order valence-corrected chi connectivity index (χ3v) is 3.30. The fraction of sp³-hybridized carbons (Fsp3) is 0.0667. The van der Waals surface area contributed by atoms with E-state index in [0.717, 1.165) is 10.6 Å². The van der Waals surface area contributed by atoms with Gasteiger partial charge in [0.2, 0.25) is 0 Å². The van der Waals surface area contributed by atoms with Crippen molar-refractivity contribution in [2.75, 3.05) is 7.11 Å². The lowest BCUT2D eigenvalue weighted by molar-refractivity contribution is -0.384. The third kappa shape index (κ3) is 2.46. The van der Waals surface area contributed by atoms with E-state index in [1.807, 2.05) is 0 Å². The van der Waals surface area contributed by atoms with Crippen molar-refractivity contribution in [1.29, 1.82) is 0 Å². The summed E-state index contributed by atoms with van der Waals surface area (Å²) in [5.74, 6) is -0.498. The summed E-state index contributed by atoms with van der Waals surface area (Å²) in [4.78, 5) is 34.9. The van der Waals surface area contributed by atoms with Crippen molar-refractivity contribution in [1.82, 2.24) is 4.57 Å². The van der Waals surface area contributed by atoms with Gasteiger partial charge in [-0.3, -0.25) is 14.9 Å². The van der Waals surface area contributed by atoms with Crippen LogP contribution in [-0.4, -0.2) is 16.6 Å². The number of ether oxygens (including phenoxy) is 1.